The number of hydrogen-bond donors (Lipinski definition) is 2. The number of piperazine rings is 1. The van der Waals surface area contributed by atoms with E-state index in [4.69, 9.17) is 9.47 Å². The lowest BCUT2D eigenvalue weighted by Crippen LogP contribution is -2.43. The van der Waals surface area contributed by atoms with Crippen molar-refractivity contribution in [3.63, 3.8) is 0 Å². The van der Waals surface area contributed by atoms with Gasteiger partial charge in [-0.1, -0.05) is 6.07 Å². The number of aryl methyl sites for hydroxylation is 1. The molecule has 1 fully saturated rings. The molecule has 1 aromatic heterocycles. The lowest BCUT2D eigenvalue weighted by Gasteiger charge is -2.29. The predicted molar refractivity (Wildman–Crippen MR) is 121 cm³/mol. The van der Waals surface area contributed by atoms with Crippen LogP contribution in [0.1, 0.15) is 12.0 Å². The Hall–Kier alpha value is -3.66. The maximum atomic E-state index is 11.8. The summed E-state index contributed by atoms with van der Waals surface area (Å²) in [6, 6.07) is 9.36. The topological polar surface area (TPSA) is 115 Å². The SMILES string of the molecule is O=[N+]([O-])c1cc2c(NCCCc3ccc4c(c3)OCO4)ncnc2cc1N1CCNCC1. The Morgan fingerprint density at radius 1 is 1.12 bits per heavy atom. The van der Waals surface area contributed by atoms with Crippen molar-refractivity contribution in [1.82, 2.24) is 15.3 Å². The van der Waals surface area contributed by atoms with Gasteiger partial charge < -0.3 is 25.0 Å². The first-order chi connectivity index (χ1) is 15.7. The molecule has 0 unspecified atom stereocenters. The van der Waals surface area contributed by atoms with Crippen molar-refractivity contribution in [3.05, 3.63) is 52.3 Å². The lowest BCUT2D eigenvalue weighted by atomic mass is 10.1. The molecule has 2 N–H and O–H groups in total. The van der Waals surface area contributed by atoms with Crippen LogP contribution in [0.3, 0.4) is 0 Å². The summed E-state index contributed by atoms with van der Waals surface area (Å²) in [4.78, 5) is 22.2. The van der Waals surface area contributed by atoms with Crippen LogP contribution in [-0.2, 0) is 6.42 Å². The van der Waals surface area contributed by atoms with Crippen LogP contribution < -0.4 is 25.0 Å². The molecule has 1 saturated heterocycles. The zero-order valence-electron chi connectivity index (χ0n) is 17.5. The van der Waals surface area contributed by atoms with Crippen LogP contribution in [0.25, 0.3) is 10.9 Å². The fourth-order valence-corrected chi connectivity index (χ4v) is 4.12. The van der Waals surface area contributed by atoms with Gasteiger partial charge in [0, 0.05) is 44.2 Å². The maximum absolute atomic E-state index is 11.8. The summed E-state index contributed by atoms with van der Waals surface area (Å²) in [5, 5.41) is 19.0. The van der Waals surface area contributed by atoms with Gasteiger partial charge in [0.1, 0.15) is 17.8 Å². The summed E-state index contributed by atoms with van der Waals surface area (Å²) in [5.74, 6) is 2.17. The third kappa shape index (κ3) is 4.09. The van der Waals surface area contributed by atoms with Gasteiger partial charge in [0.15, 0.2) is 11.5 Å². The van der Waals surface area contributed by atoms with Gasteiger partial charge in [-0.15, -0.1) is 0 Å². The summed E-state index contributed by atoms with van der Waals surface area (Å²) < 4.78 is 10.8. The molecule has 10 nitrogen and oxygen atoms in total. The largest absolute Gasteiger partial charge is 0.454 e. The second kappa shape index (κ2) is 8.83. The average molecular weight is 436 g/mol. The minimum Gasteiger partial charge on any atom is -0.454 e. The molecule has 2 aliphatic rings. The number of benzene rings is 2. The second-order valence-corrected chi connectivity index (χ2v) is 7.79. The third-order valence-corrected chi connectivity index (χ3v) is 5.76. The number of aromatic nitrogens is 2. The lowest BCUT2D eigenvalue weighted by molar-refractivity contribution is -0.384. The first kappa shape index (κ1) is 20.3. The average Bonchev–Trinajstić information content (AvgIpc) is 3.29. The highest BCUT2D eigenvalue weighted by atomic mass is 16.7. The Kier molecular flexibility index (Phi) is 5.59. The fourth-order valence-electron chi connectivity index (χ4n) is 4.12. The number of anilines is 2. The molecule has 0 saturated carbocycles. The van der Waals surface area contributed by atoms with Crippen LogP contribution in [0, 0.1) is 10.1 Å². The summed E-state index contributed by atoms with van der Waals surface area (Å²) in [5.41, 5.74) is 2.55. The first-order valence-electron chi connectivity index (χ1n) is 10.7. The van der Waals surface area contributed by atoms with E-state index in [0.717, 1.165) is 50.5 Å². The van der Waals surface area contributed by atoms with E-state index in [1.54, 1.807) is 12.1 Å². The molecule has 0 atom stereocenters. The number of nitrogens with one attached hydrogen (secondary N) is 2. The van der Waals surface area contributed by atoms with Crippen molar-refractivity contribution in [1.29, 1.82) is 0 Å². The van der Waals surface area contributed by atoms with Crippen molar-refractivity contribution < 1.29 is 14.4 Å². The molecule has 2 aromatic carbocycles. The molecule has 3 heterocycles. The molecule has 2 aliphatic heterocycles. The number of fused-ring (bicyclic) bond motifs is 2. The van der Waals surface area contributed by atoms with E-state index in [9.17, 15) is 10.1 Å². The van der Waals surface area contributed by atoms with E-state index in [-0.39, 0.29) is 17.4 Å². The van der Waals surface area contributed by atoms with Crippen LogP contribution in [0.15, 0.2) is 36.7 Å². The minimum atomic E-state index is -0.326. The van der Waals surface area contributed by atoms with Crippen LogP contribution in [0.2, 0.25) is 0 Å². The Morgan fingerprint density at radius 3 is 2.81 bits per heavy atom. The predicted octanol–water partition coefficient (Wildman–Crippen LogP) is 2.72. The zero-order valence-corrected chi connectivity index (χ0v) is 17.5. The monoisotopic (exact) mass is 436 g/mol. The molecule has 0 aliphatic carbocycles. The van der Waals surface area contributed by atoms with Gasteiger partial charge in [-0.2, -0.15) is 0 Å². The van der Waals surface area contributed by atoms with E-state index in [1.807, 2.05) is 23.1 Å². The fraction of sp³-hybridized carbons (Fsp3) is 0.364. The number of ether oxygens (including phenoxy) is 2. The van der Waals surface area contributed by atoms with Crippen molar-refractivity contribution in [3.8, 4) is 11.5 Å². The van der Waals surface area contributed by atoms with Crippen LogP contribution in [0.5, 0.6) is 11.5 Å². The van der Waals surface area contributed by atoms with Crippen LogP contribution in [-0.4, -0.2) is 54.4 Å². The van der Waals surface area contributed by atoms with Gasteiger partial charge in [-0.05, 0) is 36.6 Å². The first-order valence-corrected chi connectivity index (χ1v) is 10.7. The summed E-state index contributed by atoms with van der Waals surface area (Å²) in [6.07, 6.45) is 3.22. The van der Waals surface area contributed by atoms with Gasteiger partial charge in [0.2, 0.25) is 6.79 Å². The van der Waals surface area contributed by atoms with E-state index >= 15 is 0 Å². The van der Waals surface area contributed by atoms with Gasteiger partial charge in [0.05, 0.1) is 10.4 Å². The van der Waals surface area contributed by atoms with Gasteiger partial charge in [-0.3, -0.25) is 10.1 Å². The molecule has 0 amide bonds. The highest BCUT2D eigenvalue weighted by Gasteiger charge is 2.23. The Bertz CT molecular complexity index is 1150. The van der Waals surface area contributed by atoms with Crippen LogP contribution in [0.4, 0.5) is 17.2 Å². The number of nitro groups is 1. The van der Waals surface area contributed by atoms with Crippen molar-refractivity contribution in [2.45, 2.75) is 12.8 Å². The molecule has 0 spiro atoms. The van der Waals surface area contributed by atoms with E-state index < -0.39 is 0 Å². The van der Waals surface area contributed by atoms with Gasteiger partial charge in [0.25, 0.3) is 5.69 Å². The molecule has 0 radical (unpaired) electrons. The van der Waals surface area contributed by atoms with Gasteiger partial charge in [-0.25, -0.2) is 9.97 Å². The van der Waals surface area contributed by atoms with E-state index in [0.29, 0.717) is 29.0 Å². The summed E-state index contributed by atoms with van der Waals surface area (Å²) in [7, 11) is 0. The Morgan fingerprint density at radius 2 is 1.97 bits per heavy atom. The summed E-state index contributed by atoms with van der Waals surface area (Å²) >= 11 is 0. The molecular formula is C22H24N6O4. The Balaban J connectivity index is 1.31. The quantitative estimate of drug-likeness (QED) is 0.328. The number of nitrogens with zero attached hydrogens (tertiary/aromatic N) is 4. The highest BCUT2D eigenvalue weighted by molar-refractivity contribution is 5.94. The minimum absolute atomic E-state index is 0.0811. The zero-order chi connectivity index (χ0) is 21.9. The molecule has 10 heteroatoms. The van der Waals surface area contributed by atoms with E-state index in [2.05, 4.69) is 20.6 Å². The molecule has 3 aromatic rings. The standard InChI is InChI=1S/C22H24N6O4/c29-28(30)19-11-16-17(12-18(19)27-8-6-23-7-9-27)25-13-26-22(16)24-5-1-2-15-3-4-20-21(10-15)32-14-31-20/h3-4,10-13,23H,1-2,5-9,14H2,(H,24,25,26). The normalized spacial score (nSPS) is 15.2. The molecule has 5 rings (SSSR count). The number of rotatable bonds is 7. The smallest absolute Gasteiger partial charge is 0.293 e. The molecule has 166 valence electrons. The summed E-state index contributed by atoms with van der Waals surface area (Å²) in [6.45, 7) is 3.99. The van der Waals surface area contributed by atoms with Crippen molar-refractivity contribution >= 4 is 28.1 Å². The van der Waals surface area contributed by atoms with Crippen molar-refractivity contribution in [2.24, 2.45) is 0 Å². The number of hydrogen-bond acceptors (Lipinski definition) is 9. The van der Waals surface area contributed by atoms with Gasteiger partial charge >= 0.3 is 0 Å². The van der Waals surface area contributed by atoms with E-state index in [1.165, 1.54) is 11.9 Å². The maximum Gasteiger partial charge on any atom is 0.293 e. The van der Waals surface area contributed by atoms with Crippen molar-refractivity contribution in [2.75, 3.05) is 49.7 Å². The highest BCUT2D eigenvalue weighted by Crippen LogP contribution is 2.35. The third-order valence-electron chi connectivity index (χ3n) is 5.76. The second-order valence-electron chi connectivity index (χ2n) is 7.79. The molecular weight excluding hydrogens is 412 g/mol. The molecule has 0 bridgehead atoms. The Labute approximate surface area is 184 Å². The van der Waals surface area contributed by atoms with Crippen LogP contribution >= 0.6 is 0 Å². The molecule has 32 heavy (non-hydrogen) atoms. The number of nitro benzene ring substituents is 1.